The van der Waals surface area contributed by atoms with E-state index in [1.807, 2.05) is 69.3 Å². The number of anilines is 1. The van der Waals surface area contributed by atoms with Crippen molar-refractivity contribution in [1.29, 1.82) is 0 Å². The number of benzene rings is 2. The van der Waals surface area contributed by atoms with E-state index in [0.29, 0.717) is 11.4 Å². The number of carboxylic acid groups (broad SMARTS) is 1. The summed E-state index contributed by atoms with van der Waals surface area (Å²) >= 11 is 0. The van der Waals surface area contributed by atoms with Gasteiger partial charge in [0, 0.05) is 17.0 Å². The summed E-state index contributed by atoms with van der Waals surface area (Å²) in [6.45, 7) is 5.98. The monoisotopic (exact) mass is 320 g/mol. The van der Waals surface area contributed by atoms with Crippen LogP contribution in [0.2, 0.25) is 0 Å². The lowest BCUT2D eigenvalue weighted by molar-refractivity contribution is 0.0698. The van der Waals surface area contributed by atoms with Gasteiger partial charge in [-0.15, -0.1) is 0 Å². The van der Waals surface area contributed by atoms with Crippen LogP contribution >= 0.6 is 0 Å². The Labute approximate surface area is 141 Å². The van der Waals surface area contributed by atoms with Gasteiger partial charge >= 0.3 is 5.97 Å². The minimum Gasteiger partial charge on any atom is -0.478 e. The summed E-state index contributed by atoms with van der Waals surface area (Å²) in [4.78, 5) is 16.7. The van der Waals surface area contributed by atoms with Crippen LogP contribution in [0, 0.1) is 6.92 Å². The van der Waals surface area contributed by atoms with Crippen molar-refractivity contribution < 1.29 is 9.90 Å². The van der Waals surface area contributed by atoms with Gasteiger partial charge in [-0.05, 0) is 32.9 Å². The number of aromatic nitrogens is 1. The maximum atomic E-state index is 12.0. The Hall–Kier alpha value is -2.88. The predicted octanol–water partition coefficient (Wildman–Crippen LogP) is 4.73. The van der Waals surface area contributed by atoms with Gasteiger partial charge in [0.05, 0.1) is 16.9 Å². The number of carboxylic acids is 1. The minimum absolute atomic E-state index is 0.109. The fourth-order valence-electron chi connectivity index (χ4n) is 2.83. The Morgan fingerprint density at radius 3 is 2.46 bits per heavy atom. The van der Waals surface area contributed by atoms with Crippen LogP contribution in [-0.4, -0.2) is 22.1 Å². The highest BCUT2D eigenvalue weighted by molar-refractivity contribution is 6.09. The molecule has 4 heteroatoms. The van der Waals surface area contributed by atoms with E-state index in [1.165, 1.54) is 0 Å². The van der Waals surface area contributed by atoms with Gasteiger partial charge in [-0.3, -0.25) is 0 Å². The van der Waals surface area contributed by atoms with E-state index in [9.17, 15) is 9.90 Å². The Bertz CT molecular complexity index is 902. The quantitative estimate of drug-likeness (QED) is 0.729. The van der Waals surface area contributed by atoms with E-state index >= 15 is 0 Å². The molecule has 1 heterocycles. The summed E-state index contributed by atoms with van der Waals surface area (Å²) in [6, 6.07) is 15.5. The number of aromatic carboxylic acids is 1. The molecule has 3 rings (SSSR count). The van der Waals surface area contributed by atoms with Crippen LogP contribution < -0.4 is 5.32 Å². The topological polar surface area (TPSA) is 62.2 Å². The first-order chi connectivity index (χ1) is 11.5. The third-order valence-corrected chi connectivity index (χ3v) is 3.83. The standard InChI is InChI=1S/C20H20N2O2/c1-12(2)21-19-15-11-13(3)9-10-16(15)22-18(17(19)20(23)24)14-7-5-4-6-8-14/h4-12H,1-3H3,(H,21,22)(H,23,24). The highest BCUT2D eigenvalue weighted by Gasteiger charge is 2.22. The van der Waals surface area contributed by atoms with Crippen LogP contribution in [-0.2, 0) is 0 Å². The third-order valence-electron chi connectivity index (χ3n) is 3.83. The summed E-state index contributed by atoms with van der Waals surface area (Å²) in [5, 5.41) is 14.0. The third kappa shape index (κ3) is 2.95. The molecule has 24 heavy (non-hydrogen) atoms. The van der Waals surface area contributed by atoms with Crippen LogP contribution in [0.4, 0.5) is 5.69 Å². The zero-order valence-electron chi connectivity index (χ0n) is 14.0. The molecule has 0 radical (unpaired) electrons. The van der Waals surface area contributed by atoms with Gasteiger partial charge in [0.1, 0.15) is 5.56 Å². The SMILES string of the molecule is Cc1ccc2nc(-c3ccccc3)c(C(=O)O)c(NC(C)C)c2c1. The summed E-state index contributed by atoms with van der Waals surface area (Å²) < 4.78 is 0. The molecule has 0 bridgehead atoms. The van der Waals surface area contributed by atoms with Crippen molar-refractivity contribution in [2.45, 2.75) is 26.8 Å². The van der Waals surface area contributed by atoms with E-state index in [2.05, 4.69) is 10.3 Å². The number of aryl methyl sites for hydroxylation is 1. The molecule has 0 saturated carbocycles. The van der Waals surface area contributed by atoms with Gasteiger partial charge in [0.15, 0.2) is 0 Å². The summed E-state index contributed by atoms with van der Waals surface area (Å²) in [7, 11) is 0. The summed E-state index contributed by atoms with van der Waals surface area (Å²) in [6.07, 6.45) is 0. The van der Waals surface area contributed by atoms with Crippen LogP contribution in [0.5, 0.6) is 0 Å². The number of carbonyl (C=O) groups is 1. The Morgan fingerprint density at radius 1 is 1.12 bits per heavy atom. The summed E-state index contributed by atoms with van der Waals surface area (Å²) in [5.41, 5.74) is 3.98. The van der Waals surface area contributed by atoms with Gasteiger partial charge in [0.25, 0.3) is 0 Å². The average Bonchev–Trinajstić information content (AvgIpc) is 2.55. The molecule has 4 nitrogen and oxygen atoms in total. The lowest BCUT2D eigenvalue weighted by atomic mass is 9.99. The predicted molar refractivity (Wildman–Crippen MR) is 97.6 cm³/mol. The Morgan fingerprint density at radius 2 is 1.83 bits per heavy atom. The average molecular weight is 320 g/mol. The normalized spacial score (nSPS) is 11.0. The number of hydrogen-bond acceptors (Lipinski definition) is 3. The number of nitrogens with one attached hydrogen (secondary N) is 1. The van der Waals surface area contributed by atoms with Crippen LogP contribution in [0.3, 0.4) is 0 Å². The molecule has 122 valence electrons. The first-order valence-corrected chi connectivity index (χ1v) is 7.97. The molecule has 1 aromatic heterocycles. The van der Waals surface area contributed by atoms with E-state index in [4.69, 9.17) is 0 Å². The van der Waals surface area contributed by atoms with Gasteiger partial charge in [0.2, 0.25) is 0 Å². The van der Waals surface area contributed by atoms with Crippen molar-refractivity contribution in [2.75, 3.05) is 5.32 Å². The number of fused-ring (bicyclic) bond motifs is 1. The highest BCUT2D eigenvalue weighted by Crippen LogP contribution is 2.34. The smallest absolute Gasteiger partial charge is 0.340 e. The molecule has 0 spiro atoms. The molecule has 0 aliphatic carbocycles. The fourth-order valence-corrected chi connectivity index (χ4v) is 2.83. The molecule has 0 unspecified atom stereocenters. The second-order valence-electron chi connectivity index (χ2n) is 6.20. The number of pyridine rings is 1. The molecular formula is C20H20N2O2. The molecule has 0 atom stereocenters. The lowest BCUT2D eigenvalue weighted by Crippen LogP contribution is -2.15. The zero-order valence-corrected chi connectivity index (χ0v) is 14.0. The van der Waals surface area contributed by atoms with Crippen LogP contribution in [0.15, 0.2) is 48.5 Å². The van der Waals surface area contributed by atoms with Crippen molar-refractivity contribution in [1.82, 2.24) is 4.98 Å². The molecule has 0 saturated heterocycles. The maximum absolute atomic E-state index is 12.0. The van der Waals surface area contributed by atoms with Crippen molar-refractivity contribution >= 4 is 22.6 Å². The van der Waals surface area contributed by atoms with E-state index in [1.54, 1.807) is 0 Å². The largest absolute Gasteiger partial charge is 0.478 e. The first-order valence-electron chi connectivity index (χ1n) is 7.97. The van der Waals surface area contributed by atoms with Crippen molar-refractivity contribution in [3.63, 3.8) is 0 Å². The van der Waals surface area contributed by atoms with Crippen LogP contribution in [0.1, 0.15) is 29.8 Å². The molecule has 0 amide bonds. The molecule has 0 fully saturated rings. The van der Waals surface area contributed by atoms with Gasteiger partial charge in [-0.25, -0.2) is 9.78 Å². The second kappa shape index (κ2) is 6.32. The van der Waals surface area contributed by atoms with E-state index in [-0.39, 0.29) is 11.6 Å². The number of rotatable bonds is 4. The Kier molecular flexibility index (Phi) is 4.21. The lowest BCUT2D eigenvalue weighted by Gasteiger charge is -2.18. The second-order valence-corrected chi connectivity index (χ2v) is 6.20. The molecule has 2 aromatic carbocycles. The van der Waals surface area contributed by atoms with Gasteiger partial charge < -0.3 is 10.4 Å². The van der Waals surface area contributed by atoms with Crippen molar-refractivity contribution in [2.24, 2.45) is 0 Å². The number of hydrogen-bond donors (Lipinski definition) is 2. The zero-order chi connectivity index (χ0) is 17.3. The molecular weight excluding hydrogens is 300 g/mol. The van der Waals surface area contributed by atoms with E-state index < -0.39 is 5.97 Å². The van der Waals surface area contributed by atoms with Crippen molar-refractivity contribution in [3.05, 3.63) is 59.7 Å². The fraction of sp³-hybridized carbons (Fsp3) is 0.200. The highest BCUT2D eigenvalue weighted by atomic mass is 16.4. The van der Waals surface area contributed by atoms with Gasteiger partial charge in [-0.1, -0.05) is 42.0 Å². The summed E-state index contributed by atoms with van der Waals surface area (Å²) in [5.74, 6) is -0.979. The molecule has 3 aromatic rings. The number of nitrogens with zero attached hydrogens (tertiary/aromatic N) is 1. The van der Waals surface area contributed by atoms with E-state index in [0.717, 1.165) is 22.0 Å². The van der Waals surface area contributed by atoms with Crippen molar-refractivity contribution in [3.8, 4) is 11.3 Å². The molecule has 0 aliphatic rings. The Balaban J connectivity index is 2.42. The minimum atomic E-state index is -0.979. The molecule has 2 N–H and O–H groups in total. The molecule has 0 aliphatic heterocycles. The van der Waals surface area contributed by atoms with Gasteiger partial charge in [-0.2, -0.15) is 0 Å². The first kappa shape index (κ1) is 16.0. The van der Waals surface area contributed by atoms with Crippen LogP contribution in [0.25, 0.3) is 22.2 Å². The maximum Gasteiger partial charge on any atom is 0.340 e.